The van der Waals surface area contributed by atoms with E-state index in [1.807, 2.05) is 6.92 Å². The van der Waals surface area contributed by atoms with Crippen LogP contribution in [0.1, 0.15) is 23.0 Å². The summed E-state index contributed by atoms with van der Waals surface area (Å²) in [6.07, 6.45) is 0.668. The Morgan fingerprint density at radius 3 is 2.27 bits per heavy atom. The van der Waals surface area contributed by atoms with Gasteiger partial charge < -0.3 is 19.7 Å². The first-order valence-corrected chi connectivity index (χ1v) is 7.41. The van der Waals surface area contributed by atoms with Gasteiger partial charge >= 0.3 is 6.03 Å². The second kappa shape index (κ2) is 6.64. The molecule has 2 heterocycles. The lowest BCUT2D eigenvalue weighted by molar-refractivity contribution is 0.0650. The molecule has 1 aromatic rings. The minimum absolute atomic E-state index is 0.0449. The number of rotatable bonds is 2. The minimum Gasteiger partial charge on any atom is -0.335 e. The Morgan fingerprint density at radius 1 is 1.14 bits per heavy atom. The summed E-state index contributed by atoms with van der Waals surface area (Å²) < 4.78 is 0. The standard InChI is InChI=1S/C15H22N4O3/c1-4-12-9-11(10-13(20)16-12)14(21)18-5-7-19(8-6-18)15(22)17(2)3/h9-10H,4-8H2,1-3H3,(H,16,20). The molecule has 22 heavy (non-hydrogen) atoms. The Bertz CT molecular complexity index is 615. The lowest BCUT2D eigenvalue weighted by Gasteiger charge is -2.36. The van der Waals surface area contributed by atoms with Gasteiger partial charge in [-0.1, -0.05) is 6.92 Å². The molecule has 1 fully saturated rings. The molecule has 0 spiro atoms. The quantitative estimate of drug-likeness (QED) is 0.858. The first-order valence-electron chi connectivity index (χ1n) is 7.41. The van der Waals surface area contributed by atoms with Crippen molar-refractivity contribution >= 4 is 11.9 Å². The summed E-state index contributed by atoms with van der Waals surface area (Å²) in [5, 5.41) is 0. The third kappa shape index (κ3) is 3.47. The van der Waals surface area contributed by atoms with Gasteiger partial charge in [-0.25, -0.2) is 4.79 Å². The van der Waals surface area contributed by atoms with Crippen molar-refractivity contribution in [2.24, 2.45) is 0 Å². The van der Waals surface area contributed by atoms with Gasteiger partial charge in [0.15, 0.2) is 0 Å². The number of hydrogen-bond acceptors (Lipinski definition) is 3. The molecule has 0 saturated carbocycles. The highest BCUT2D eigenvalue weighted by Gasteiger charge is 2.25. The number of carbonyl (C=O) groups is 2. The first-order chi connectivity index (χ1) is 10.4. The molecular weight excluding hydrogens is 284 g/mol. The number of hydrogen-bond donors (Lipinski definition) is 1. The maximum Gasteiger partial charge on any atom is 0.319 e. The van der Waals surface area contributed by atoms with Gasteiger partial charge in [0.25, 0.3) is 5.91 Å². The average molecular weight is 306 g/mol. The first kappa shape index (κ1) is 16.1. The van der Waals surface area contributed by atoms with E-state index >= 15 is 0 Å². The van der Waals surface area contributed by atoms with E-state index in [0.29, 0.717) is 38.2 Å². The molecule has 1 aliphatic rings. The lowest BCUT2D eigenvalue weighted by Crippen LogP contribution is -2.53. The predicted octanol–water partition coefficient (Wildman–Crippen LogP) is 0.377. The number of aromatic amines is 1. The van der Waals surface area contributed by atoms with Crippen LogP contribution in [-0.4, -0.2) is 71.9 Å². The molecule has 0 radical (unpaired) electrons. The summed E-state index contributed by atoms with van der Waals surface area (Å²) in [7, 11) is 3.42. The van der Waals surface area contributed by atoms with Gasteiger partial charge in [-0.3, -0.25) is 9.59 Å². The van der Waals surface area contributed by atoms with Gasteiger partial charge in [-0.2, -0.15) is 0 Å². The average Bonchev–Trinajstić information content (AvgIpc) is 2.52. The maximum atomic E-state index is 12.5. The molecule has 7 nitrogen and oxygen atoms in total. The lowest BCUT2D eigenvalue weighted by atomic mass is 10.1. The summed E-state index contributed by atoms with van der Waals surface area (Å²) >= 11 is 0. The van der Waals surface area contributed by atoms with E-state index < -0.39 is 0 Å². The normalized spacial score (nSPS) is 14.9. The van der Waals surface area contributed by atoms with Crippen LogP contribution in [0.5, 0.6) is 0 Å². The second-order valence-electron chi connectivity index (χ2n) is 5.57. The monoisotopic (exact) mass is 306 g/mol. The molecule has 120 valence electrons. The molecule has 0 atom stereocenters. The third-order valence-corrected chi connectivity index (χ3v) is 3.75. The molecule has 1 N–H and O–H groups in total. The number of carbonyl (C=O) groups excluding carboxylic acids is 2. The number of amides is 3. The van der Waals surface area contributed by atoms with Crippen LogP contribution in [0.25, 0.3) is 0 Å². The summed E-state index contributed by atoms with van der Waals surface area (Å²) in [6.45, 7) is 3.89. The molecule has 2 rings (SSSR count). The van der Waals surface area contributed by atoms with E-state index in [4.69, 9.17) is 0 Å². The van der Waals surface area contributed by atoms with E-state index in [1.165, 1.54) is 11.0 Å². The number of urea groups is 1. The van der Waals surface area contributed by atoms with Gasteiger partial charge in [0.1, 0.15) is 0 Å². The predicted molar refractivity (Wildman–Crippen MR) is 83.0 cm³/mol. The van der Waals surface area contributed by atoms with Crippen LogP contribution >= 0.6 is 0 Å². The molecule has 1 aliphatic heterocycles. The molecule has 3 amide bonds. The zero-order valence-corrected chi connectivity index (χ0v) is 13.3. The van der Waals surface area contributed by atoms with Crippen molar-refractivity contribution in [2.45, 2.75) is 13.3 Å². The molecule has 0 bridgehead atoms. The molecule has 0 aliphatic carbocycles. The fourth-order valence-corrected chi connectivity index (χ4v) is 2.48. The number of piperazine rings is 1. The van der Waals surface area contributed by atoms with Crippen LogP contribution in [0.15, 0.2) is 16.9 Å². The minimum atomic E-state index is -0.260. The van der Waals surface area contributed by atoms with Crippen molar-refractivity contribution in [3.8, 4) is 0 Å². The molecule has 0 unspecified atom stereocenters. The number of nitrogens with zero attached hydrogens (tertiary/aromatic N) is 3. The van der Waals surface area contributed by atoms with Crippen LogP contribution in [0.4, 0.5) is 4.79 Å². The number of aryl methyl sites for hydroxylation is 1. The summed E-state index contributed by atoms with van der Waals surface area (Å²) in [5.74, 6) is -0.155. The van der Waals surface area contributed by atoms with Crippen molar-refractivity contribution in [2.75, 3.05) is 40.3 Å². The topological polar surface area (TPSA) is 76.7 Å². The number of pyridine rings is 1. The Kier molecular flexibility index (Phi) is 4.85. The van der Waals surface area contributed by atoms with Crippen molar-refractivity contribution in [3.63, 3.8) is 0 Å². The Balaban J connectivity index is 2.05. The molecule has 1 aromatic heterocycles. The largest absolute Gasteiger partial charge is 0.335 e. The highest BCUT2D eigenvalue weighted by Crippen LogP contribution is 2.10. The fourth-order valence-electron chi connectivity index (χ4n) is 2.48. The highest BCUT2D eigenvalue weighted by atomic mass is 16.2. The third-order valence-electron chi connectivity index (χ3n) is 3.75. The summed E-state index contributed by atoms with van der Waals surface area (Å²) in [6, 6.07) is 3.01. The number of H-pyrrole nitrogens is 1. The van der Waals surface area contributed by atoms with Gasteiger partial charge in [-0.15, -0.1) is 0 Å². The van der Waals surface area contributed by atoms with Gasteiger partial charge in [-0.05, 0) is 12.5 Å². The zero-order chi connectivity index (χ0) is 16.3. The van der Waals surface area contributed by atoms with Crippen LogP contribution in [0, 0.1) is 0 Å². The smallest absolute Gasteiger partial charge is 0.319 e. The van der Waals surface area contributed by atoms with Gasteiger partial charge in [0, 0.05) is 57.6 Å². The Labute approximate surface area is 129 Å². The zero-order valence-electron chi connectivity index (χ0n) is 13.3. The van der Waals surface area contributed by atoms with Gasteiger partial charge in [0.05, 0.1) is 0 Å². The van der Waals surface area contributed by atoms with E-state index in [-0.39, 0.29) is 17.5 Å². The molecule has 0 aromatic carbocycles. The van der Waals surface area contributed by atoms with Gasteiger partial charge in [0.2, 0.25) is 5.56 Å². The van der Waals surface area contributed by atoms with Crippen molar-refractivity contribution in [3.05, 3.63) is 33.7 Å². The molecule has 7 heteroatoms. The van der Waals surface area contributed by atoms with Crippen LogP contribution in [0.2, 0.25) is 0 Å². The van der Waals surface area contributed by atoms with E-state index in [2.05, 4.69) is 4.98 Å². The fraction of sp³-hybridized carbons (Fsp3) is 0.533. The molecular formula is C15H22N4O3. The van der Waals surface area contributed by atoms with Crippen LogP contribution in [-0.2, 0) is 6.42 Å². The number of nitrogens with one attached hydrogen (secondary N) is 1. The Morgan fingerprint density at radius 2 is 1.73 bits per heavy atom. The van der Waals surface area contributed by atoms with Crippen molar-refractivity contribution in [1.29, 1.82) is 0 Å². The Hall–Kier alpha value is -2.31. The van der Waals surface area contributed by atoms with Crippen LogP contribution in [0.3, 0.4) is 0 Å². The SMILES string of the molecule is CCc1cc(C(=O)N2CCN(C(=O)N(C)C)CC2)cc(=O)[nH]1. The second-order valence-corrected chi connectivity index (χ2v) is 5.57. The van der Waals surface area contributed by atoms with E-state index in [9.17, 15) is 14.4 Å². The molecule has 1 saturated heterocycles. The maximum absolute atomic E-state index is 12.5. The summed E-state index contributed by atoms with van der Waals surface area (Å²) in [5.41, 5.74) is 0.898. The van der Waals surface area contributed by atoms with Crippen LogP contribution < -0.4 is 5.56 Å². The summed E-state index contributed by atoms with van der Waals surface area (Å²) in [4.78, 5) is 43.6. The van der Waals surface area contributed by atoms with Crippen molar-refractivity contribution in [1.82, 2.24) is 19.7 Å². The number of aromatic nitrogens is 1. The van der Waals surface area contributed by atoms with Crippen molar-refractivity contribution < 1.29 is 9.59 Å². The van der Waals surface area contributed by atoms with E-state index in [1.54, 1.807) is 30.0 Å². The highest BCUT2D eigenvalue weighted by molar-refractivity contribution is 5.94. The van der Waals surface area contributed by atoms with E-state index in [0.717, 1.165) is 5.69 Å².